The molecule has 3 amide bonds. The minimum Gasteiger partial charge on any atom is -0.497 e. The lowest BCUT2D eigenvalue weighted by molar-refractivity contribution is -0.119. The van der Waals surface area contributed by atoms with Crippen LogP contribution in [0.1, 0.15) is 18.5 Å². The molecule has 1 aromatic carbocycles. The lowest BCUT2D eigenvalue weighted by Crippen LogP contribution is -2.53. The third-order valence-corrected chi connectivity index (χ3v) is 7.34. The SMILES string of the molecule is COc1ccc([C@H](COCCOCCOCCOCCN=NI=N)NC(=O)CSC2NC(=O)NCC2C)cc1. The Labute approximate surface area is 244 Å². The molecule has 0 bridgehead atoms. The van der Waals surface area contributed by atoms with Gasteiger partial charge in [0.25, 0.3) is 0 Å². The van der Waals surface area contributed by atoms with Gasteiger partial charge in [-0.2, -0.15) is 5.11 Å². The van der Waals surface area contributed by atoms with Crippen LogP contribution in [0.15, 0.2) is 32.7 Å². The minimum absolute atomic E-state index is 0.119. The quantitative estimate of drug-likeness (QED) is 0.0874. The van der Waals surface area contributed by atoms with Crippen molar-refractivity contribution < 1.29 is 33.3 Å². The number of nitrogens with one attached hydrogen (secondary N) is 4. The van der Waals surface area contributed by atoms with E-state index in [2.05, 4.69) is 24.4 Å². The summed E-state index contributed by atoms with van der Waals surface area (Å²) in [6.07, 6.45) is 0. The summed E-state index contributed by atoms with van der Waals surface area (Å²) in [6, 6.07) is 6.93. The zero-order valence-corrected chi connectivity index (χ0v) is 25.3. The number of nitrogens with zero attached hydrogens (tertiary/aromatic N) is 2. The van der Waals surface area contributed by atoms with Crippen LogP contribution >= 0.6 is 33.1 Å². The van der Waals surface area contributed by atoms with Crippen molar-refractivity contribution in [2.24, 2.45) is 14.4 Å². The summed E-state index contributed by atoms with van der Waals surface area (Å²) in [5.41, 5.74) is 0.898. The predicted octanol–water partition coefficient (Wildman–Crippen LogP) is 3.03. The van der Waals surface area contributed by atoms with E-state index in [4.69, 9.17) is 27.2 Å². The van der Waals surface area contributed by atoms with E-state index in [-0.39, 0.29) is 41.6 Å². The normalized spacial score (nSPS) is 17.9. The molecule has 3 atom stereocenters. The van der Waals surface area contributed by atoms with Crippen molar-refractivity contribution in [2.45, 2.75) is 18.3 Å². The Balaban J connectivity index is 1.65. The number of ether oxygens (including phenoxy) is 5. The van der Waals surface area contributed by atoms with Crippen molar-refractivity contribution in [3.05, 3.63) is 29.8 Å². The highest BCUT2D eigenvalue weighted by Gasteiger charge is 2.26. The standard InChI is InChI=1S/C24H39IN6O7S/c1-18-15-27-24(33)30-23(18)39-17-22(32)29-21(19-3-5-20(34-2)6-4-19)16-38-14-13-37-12-11-36-10-9-35-8-7-28-31-25-26/h3-6,18,21,23,26H,7-17H2,1-2H3,(H,29,32)(H2,27,30,33)/t18?,21-,23?/m0/s1. The van der Waals surface area contributed by atoms with Crippen molar-refractivity contribution in [2.75, 3.05) is 78.8 Å². The number of thioether (sulfide) groups is 1. The van der Waals surface area contributed by atoms with Crippen molar-refractivity contribution in [1.29, 1.82) is 3.56 Å². The first-order valence-corrected chi connectivity index (χ1v) is 15.7. The van der Waals surface area contributed by atoms with Crippen LogP contribution in [0.3, 0.4) is 0 Å². The molecule has 0 aliphatic carbocycles. The van der Waals surface area contributed by atoms with Gasteiger partial charge in [-0.3, -0.25) is 8.36 Å². The van der Waals surface area contributed by atoms with E-state index < -0.39 is 21.3 Å². The Morgan fingerprint density at radius 1 is 1.10 bits per heavy atom. The molecule has 4 N–H and O–H groups in total. The molecule has 0 spiro atoms. The zero-order valence-electron chi connectivity index (χ0n) is 22.4. The summed E-state index contributed by atoms with van der Waals surface area (Å²) < 4.78 is 38.0. The van der Waals surface area contributed by atoms with Gasteiger partial charge >= 0.3 is 6.03 Å². The number of rotatable bonds is 21. The van der Waals surface area contributed by atoms with Crippen molar-refractivity contribution >= 4 is 45.0 Å². The first kappa shape index (κ1) is 33.3. The van der Waals surface area contributed by atoms with Crippen LogP contribution < -0.4 is 20.7 Å². The number of benzene rings is 1. The maximum atomic E-state index is 12.7. The summed E-state index contributed by atoms with van der Waals surface area (Å²) in [5.74, 6) is 1.02. The topological polar surface area (TPSA) is 165 Å². The summed E-state index contributed by atoms with van der Waals surface area (Å²) >= 11 is 0.522. The van der Waals surface area contributed by atoms with Gasteiger partial charge in [-0.25, -0.2) is 4.79 Å². The number of methoxy groups -OCH3 is 1. The van der Waals surface area contributed by atoms with Gasteiger partial charge in [0.2, 0.25) is 5.91 Å². The van der Waals surface area contributed by atoms with Gasteiger partial charge in [-0.15, -0.1) is 15.1 Å². The van der Waals surface area contributed by atoms with Crippen LogP contribution in [0.2, 0.25) is 0 Å². The summed E-state index contributed by atoms with van der Waals surface area (Å²) in [4.78, 5) is 24.3. The third-order valence-electron chi connectivity index (χ3n) is 5.45. The van der Waals surface area contributed by atoms with Crippen molar-refractivity contribution in [3.63, 3.8) is 0 Å². The lowest BCUT2D eigenvalue weighted by Gasteiger charge is -2.30. The fourth-order valence-corrected chi connectivity index (χ4v) is 4.78. The monoisotopic (exact) mass is 682 g/mol. The number of amides is 3. The van der Waals surface area contributed by atoms with E-state index in [0.29, 0.717) is 59.3 Å². The molecule has 1 fully saturated rings. The van der Waals surface area contributed by atoms with Gasteiger partial charge < -0.3 is 39.6 Å². The van der Waals surface area contributed by atoms with E-state index in [1.807, 2.05) is 31.2 Å². The maximum absolute atomic E-state index is 12.7. The van der Waals surface area contributed by atoms with E-state index in [1.54, 1.807) is 7.11 Å². The molecule has 1 saturated heterocycles. The van der Waals surface area contributed by atoms with E-state index in [0.717, 1.165) is 11.3 Å². The molecule has 0 radical (unpaired) electrons. The number of hydrogen-bond donors (Lipinski definition) is 4. The zero-order chi connectivity index (χ0) is 28.1. The third kappa shape index (κ3) is 14.9. The van der Waals surface area contributed by atoms with E-state index in [1.165, 1.54) is 11.8 Å². The van der Waals surface area contributed by atoms with Gasteiger partial charge in [0.15, 0.2) is 21.3 Å². The first-order valence-electron chi connectivity index (χ1n) is 12.6. The molecular weight excluding hydrogens is 643 g/mol. The summed E-state index contributed by atoms with van der Waals surface area (Å²) in [6.45, 7) is 6.42. The molecule has 13 nitrogen and oxygen atoms in total. The molecule has 2 unspecified atom stereocenters. The van der Waals surface area contributed by atoms with Crippen LogP contribution in [0.25, 0.3) is 0 Å². The molecule has 0 saturated carbocycles. The second-order valence-corrected chi connectivity index (χ2v) is 10.4. The predicted molar refractivity (Wildman–Crippen MR) is 156 cm³/mol. The number of halogens is 1. The molecule has 2 rings (SSSR count). The molecule has 1 aliphatic rings. The van der Waals surface area contributed by atoms with Crippen LogP contribution in [-0.4, -0.2) is 96.1 Å². The summed E-state index contributed by atoms with van der Waals surface area (Å²) in [7, 11) is 1.60. The van der Waals surface area contributed by atoms with Crippen molar-refractivity contribution in [3.8, 4) is 5.75 Å². The molecule has 39 heavy (non-hydrogen) atoms. The van der Waals surface area contributed by atoms with Gasteiger partial charge in [-0.05, 0) is 17.7 Å². The van der Waals surface area contributed by atoms with Crippen LogP contribution in [0.5, 0.6) is 5.75 Å². The Hall–Kier alpha value is -1.92. The highest BCUT2D eigenvalue weighted by atomic mass is 127. The highest BCUT2D eigenvalue weighted by Crippen LogP contribution is 2.21. The number of carbonyl (C=O) groups excluding carboxylic acids is 2. The van der Waals surface area contributed by atoms with Crippen molar-refractivity contribution in [1.82, 2.24) is 16.0 Å². The Kier molecular flexibility index (Phi) is 17.8. The Morgan fingerprint density at radius 3 is 2.38 bits per heavy atom. The van der Waals surface area contributed by atoms with Gasteiger partial charge in [0, 0.05) is 12.5 Å². The average molecular weight is 683 g/mol. The lowest BCUT2D eigenvalue weighted by atomic mass is 10.1. The maximum Gasteiger partial charge on any atom is 0.315 e. The van der Waals surface area contributed by atoms with Crippen LogP contribution in [0.4, 0.5) is 4.79 Å². The second kappa shape index (κ2) is 20.9. The molecule has 1 heterocycles. The molecule has 1 aromatic rings. The minimum atomic E-state index is -0.891. The Morgan fingerprint density at radius 2 is 1.74 bits per heavy atom. The average Bonchev–Trinajstić information content (AvgIpc) is 2.95. The first-order chi connectivity index (χ1) is 19.0. The summed E-state index contributed by atoms with van der Waals surface area (Å²) in [5, 5.41) is 12.3. The Bertz CT molecular complexity index is 883. The number of carbonyl (C=O) groups is 2. The van der Waals surface area contributed by atoms with Gasteiger partial charge in [0.05, 0.1) is 83.7 Å². The van der Waals surface area contributed by atoms with Crippen LogP contribution in [-0.2, 0) is 23.7 Å². The highest BCUT2D eigenvalue weighted by molar-refractivity contribution is 14.1. The fraction of sp³-hybridized carbons (Fsp3) is 0.667. The van der Waals surface area contributed by atoms with Gasteiger partial charge in [-0.1, -0.05) is 19.1 Å². The molecular formula is C24H39IN6O7S. The molecule has 220 valence electrons. The van der Waals surface area contributed by atoms with Crippen LogP contribution in [0, 0.1) is 9.48 Å². The molecule has 15 heteroatoms. The second-order valence-electron chi connectivity index (χ2n) is 8.39. The largest absolute Gasteiger partial charge is 0.497 e. The van der Waals surface area contributed by atoms with E-state index in [9.17, 15) is 9.59 Å². The smallest absolute Gasteiger partial charge is 0.315 e. The van der Waals surface area contributed by atoms with E-state index >= 15 is 0 Å². The number of hydrogen-bond acceptors (Lipinski definition) is 10. The van der Waals surface area contributed by atoms with Gasteiger partial charge in [0.1, 0.15) is 5.75 Å². The fourth-order valence-electron chi connectivity index (χ4n) is 3.38. The molecule has 1 aliphatic heterocycles. The molecule has 0 aromatic heterocycles. The number of urea groups is 1.